The molecule has 3 aromatic heterocycles. The molecule has 3 aromatic carbocycles. The number of aryl methyl sites for hydroxylation is 1. The van der Waals surface area contributed by atoms with Gasteiger partial charge in [0.05, 0.1) is 17.6 Å². The van der Waals surface area contributed by atoms with Crippen molar-refractivity contribution >= 4 is 35.0 Å². The summed E-state index contributed by atoms with van der Waals surface area (Å²) in [6, 6.07) is 27.4. The van der Waals surface area contributed by atoms with Crippen molar-refractivity contribution in [3.05, 3.63) is 120 Å². The first-order valence-corrected chi connectivity index (χ1v) is 17.4. The maximum absolute atomic E-state index is 13.4. The number of carbonyl (C=O) groups is 2. The molecule has 0 atom stereocenters. The number of nitrogens with zero attached hydrogens (tertiary/aromatic N) is 8. The van der Waals surface area contributed by atoms with Crippen molar-refractivity contribution in [2.24, 2.45) is 7.05 Å². The van der Waals surface area contributed by atoms with E-state index in [1.165, 1.54) is 17.3 Å². The van der Waals surface area contributed by atoms with Gasteiger partial charge in [0, 0.05) is 61.2 Å². The quantitative estimate of drug-likeness (QED) is 0.159. The average molecular weight is 689 g/mol. The zero-order valence-electron chi connectivity index (χ0n) is 27.5. The first kappa shape index (κ1) is 32.8. The third kappa shape index (κ3) is 8.09. The molecule has 0 spiro atoms. The number of rotatable bonds is 12. The zero-order valence-corrected chi connectivity index (χ0v) is 28.3. The molecule has 0 unspecified atom stereocenters. The Bertz CT molecular complexity index is 2070. The van der Waals surface area contributed by atoms with Crippen LogP contribution in [0.1, 0.15) is 46.1 Å². The van der Waals surface area contributed by atoms with E-state index in [0.717, 1.165) is 42.0 Å². The second-order valence-electron chi connectivity index (χ2n) is 12.1. The van der Waals surface area contributed by atoms with Crippen LogP contribution in [0.4, 0.5) is 11.4 Å². The van der Waals surface area contributed by atoms with Crippen LogP contribution in [0.2, 0.25) is 0 Å². The van der Waals surface area contributed by atoms with Gasteiger partial charge < -0.3 is 24.6 Å². The van der Waals surface area contributed by atoms with Gasteiger partial charge in [0.1, 0.15) is 18.6 Å². The number of hydrogen-bond acceptors (Lipinski definition) is 10. The van der Waals surface area contributed by atoms with Gasteiger partial charge in [-0.2, -0.15) is 0 Å². The zero-order chi connectivity index (χ0) is 34.3. The highest BCUT2D eigenvalue weighted by atomic mass is 32.2. The lowest BCUT2D eigenvalue weighted by molar-refractivity contribution is -0.113. The number of aromatic nitrogens is 7. The van der Waals surface area contributed by atoms with Crippen LogP contribution < -0.4 is 10.6 Å². The lowest BCUT2D eigenvalue weighted by atomic mass is 9.93. The predicted octanol–water partition coefficient (Wildman–Crippen LogP) is 5.47. The molecule has 1 aliphatic rings. The number of thioether (sulfide) groups is 1. The fourth-order valence-corrected chi connectivity index (χ4v) is 6.56. The fourth-order valence-electron chi connectivity index (χ4n) is 5.87. The number of likely N-dealkylation sites (tertiary alicyclic amines) is 1. The van der Waals surface area contributed by atoms with Crippen molar-refractivity contribution in [2.45, 2.75) is 37.0 Å². The summed E-state index contributed by atoms with van der Waals surface area (Å²) in [5.74, 6) is 0.822. The standard InChI is InChI=1S/C36H36N10O3S/c1-44-24-38-41-36(44)50-23-34(47)39-30-12-6-10-28(18-30)35(48)45-15-13-26(14-16-45)32-19-31(49-42-32)21-46-22-33(40-43-46)27-9-5-11-29(17-27)37-20-25-7-3-2-4-8-25/h2-12,17-19,22,24,26,37H,13-16,20-21,23H2,1H3,(H,39,47). The molecule has 0 aliphatic carbocycles. The number of hydrogen-bond donors (Lipinski definition) is 2. The topological polar surface area (TPSA) is 149 Å². The summed E-state index contributed by atoms with van der Waals surface area (Å²) in [6.45, 7) is 2.35. The van der Waals surface area contributed by atoms with Gasteiger partial charge in [-0.3, -0.25) is 9.59 Å². The van der Waals surface area contributed by atoms with Gasteiger partial charge >= 0.3 is 0 Å². The van der Waals surface area contributed by atoms with Gasteiger partial charge in [-0.05, 0) is 48.7 Å². The van der Waals surface area contributed by atoms with E-state index in [-0.39, 0.29) is 23.5 Å². The Labute approximate surface area is 293 Å². The molecule has 14 heteroatoms. The van der Waals surface area contributed by atoms with Crippen molar-refractivity contribution < 1.29 is 14.1 Å². The first-order valence-electron chi connectivity index (χ1n) is 16.4. The third-order valence-electron chi connectivity index (χ3n) is 8.53. The summed E-state index contributed by atoms with van der Waals surface area (Å²) < 4.78 is 9.19. The second-order valence-corrected chi connectivity index (χ2v) is 13.1. The van der Waals surface area contributed by atoms with Crippen LogP contribution in [0.15, 0.2) is 107 Å². The Morgan fingerprint density at radius 1 is 0.940 bits per heavy atom. The summed E-state index contributed by atoms with van der Waals surface area (Å²) in [6.07, 6.45) is 5.04. The molecule has 1 aliphatic heterocycles. The maximum Gasteiger partial charge on any atom is 0.253 e. The van der Waals surface area contributed by atoms with Gasteiger partial charge in [0.15, 0.2) is 10.9 Å². The van der Waals surface area contributed by atoms with Crippen molar-refractivity contribution in [2.75, 3.05) is 29.5 Å². The summed E-state index contributed by atoms with van der Waals surface area (Å²) >= 11 is 1.30. The number of piperidine rings is 1. The number of anilines is 2. The lowest BCUT2D eigenvalue weighted by Crippen LogP contribution is -2.38. The minimum atomic E-state index is -0.183. The number of nitrogens with one attached hydrogen (secondary N) is 2. The molecule has 13 nitrogen and oxygen atoms in total. The van der Waals surface area contributed by atoms with Gasteiger partial charge in [-0.25, -0.2) is 4.68 Å². The third-order valence-corrected chi connectivity index (χ3v) is 9.56. The van der Waals surface area contributed by atoms with Crippen LogP contribution in [0.3, 0.4) is 0 Å². The van der Waals surface area contributed by atoms with Crippen LogP contribution >= 0.6 is 11.8 Å². The Kier molecular flexibility index (Phi) is 9.96. The molecular formula is C36H36N10O3S. The molecule has 0 radical (unpaired) electrons. The SMILES string of the molecule is Cn1cnnc1SCC(=O)Nc1cccc(C(=O)N2CCC(c3cc(Cn4cc(-c5cccc(NCc6ccccc6)c5)nn4)on3)CC2)c1. The van der Waals surface area contributed by atoms with E-state index in [1.54, 1.807) is 39.8 Å². The Morgan fingerprint density at radius 3 is 2.58 bits per heavy atom. The largest absolute Gasteiger partial charge is 0.381 e. The van der Waals surface area contributed by atoms with Gasteiger partial charge in [0.2, 0.25) is 5.91 Å². The van der Waals surface area contributed by atoms with E-state index in [4.69, 9.17) is 4.52 Å². The summed E-state index contributed by atoms with van der Waals surface area (Å²) in [5.41, 5.74) is 5.96. The van der Waals surface area contributed by atoms with Crippen LogP contribution in [0.25, 0.3) is 11.3 Å². The summed E-state index contributed by atoms with van der Waals surface area (Å²) in [7, 11) is 1.82. The molecule has 1 saturated heterocycles. The predicted molar refractivity (Wildman–Crippen MR) is 190 cm³/mol. The average Bonchev–Trinajstić information content (AvgIpc) is 3.92. The molecule has 254 valence electrons. The molecule has 2 N–H and O–H groups in total. The van der Waals surface area contributed by atoms with Gasteiger partial charge in [0.25, 0.3) is 5.91 Å². The van der Waals surface area contributed by atoms with E-state index in [0.29, 0.717) is 41.8 Å². The molecule has 1 fully saturated rings. The molecule has 2 amide bonds. The highest BCUT2D eigenvalue weighted by Crippen LogP contribution is 2.29. The molecule has 50 heavy (non-hydrogen) atoms. The first-order chi connectivity index (χ1) is 24.5. The smallest absolute Gasteiger partial charge is 0.253 e. The Hall–Kier alpha value is -5.76. The monoisotopic (exact) mass is 688 g/mol. The Balaban J connectivity index is 0.892. The highest BCUT2D eigenvalue weighted by molar-refractivity contribution is 7.99. The van der Waals surface area contributed by atoms with Crippen molar-refractivity contribution in [3.8, 4) is 11.3 Å². The Morgan fingerprint density at radius 2 is 1.76 bits per heavy atom. The van der Waals surface area contributed by atoms with Crippen molar-refractivity contribution in [1.29, 1.82) is 0 Å². The lowest BCUT2D eigenvalue weighted by Gasteiger charge is -2.31. The highest BCUT2D eigenvalue weighted by Gasteiger charge is 2.27. The number of carbonyl (C=O) groups excluding carboxylic acids is 2. The van der Waals surface area contributed by atoms with Crippen molar-refractivity contribution in [3.63, 3.8) is 0 Å². The molecule has 0 saturated carbocycles. The van der Waals surface area contributed by atoms with E-state index >= 15 is 0 Å². The fraction of sp³-hybridized carbons (Fsp3) is 0.250. The molecule has 0 bridgehead atoms. The molecule has 7 rings (SSSR count). The van der Waals surface area contributed by atoms with E-state index in [2.05, 4.69) is 54.5 Å². The van der Waals surface area contributed by atoms with Crippen molar-refractivity contribution in [1.82, 2.24) is 39.8 Å². The maximum atomic E-state index is 13.4. The second kappa shape index (κ2) is 15.2. The minimum absolute atomic E-state index is 0.0617. The van der Waals surface area contributed by atoms with Crippen LogP contribution in [-0.4, -0.2) is 70.5 Å². The van der Waals surface area contributed by atoms with Gasteiger partial charge in [-0.15, -0.1) is 15.3 Å². The number of amides is 2. The summed E-state index contributed by atoms with van der Waals surface area (Å²) in [4.78, 5) is 27.7. The van der Waals surface area contributed by atoms with Crippen LogP contribution in [-0.2, 0) is 24.9 Å². The van der Waals surface area contributed by atoms with E-state index < -0.39 is 0 Å². The molecule has 6 aromatic rings. The van der Waals surface area contributed by atoms with Crippen LogP contribution in [0.5, 0.6) is 0 Å². The van der Waals surface area contributed by atoms with E-state index in [1.807, 2.05) is 60.6 Å². The van der Waals surface area contributed by atoms with Gasteiger partial charge in [-0.1, -0.05) is 70.7 Å². The van der Waals surface area contributed by atoms with E-state index in [9.17, 15) is 9.59 Å². The summed E-state index contributed by atoms with van der Waals surface area (Å²) in [5, 5.41) is 27.9. The van der Waals surface area contributed by atoms with Crippen LogP contribution in [0, 0.1) is 0 Å². The normalized spacial score (nSPS) is 13.3. The minimum Gasteiger partial charge on any atom is -0.381 e. The molecule has 4 heterocycles. The molecular weight excluding hydrogens is 653 g/mol. The number of benzene rings is 3.